The van der Waals surface area contributed by atoms with Gasteiger partial charge >= 0.3 is 0 Å². The second kappa shape index (κ2) is 6.67. The van der Waals surface area contributed by atoms with Crippen molar-refractivity contribution < 1.29 is 9.84 Å². The van der Waals surface area contributed by atoms with Crippen LogP contribution < -0.4 is 10.1 Å². The molecule has 0 atom stereocenters. The number of benzene rings is 1. The van der Waals surface area contributed by atoms with E-state index in [2.05, 4.69) is 27.3 Å². The Kier molecular flexibility index (Phi) is 4.87. The topological polar surface area (TPSA) is 41.5 Å². The molecule has 0 aliphatic heterocycles. The zero-order chi connectivity index (χ0) is 14.7. The van der Waals surface area contributed by atoms with E-state index in [0.717, 1.165) is 48.0 Å². The fourth-order valence-electron chi connectivity index (χ4n) is 2.94. The predicted octanol–water partition coefficient (Wildman–Crippen LogP) is 3.78. The van der Waals surface area contributed by atoms with Crippen LogP contribution in [0.3, 0.4) is 0 Å². The summed E-state index contributed by atoms with van der Waals surface area (Å²) in [5, 5.41) is 14.1. The van der Waals surface area contributed by atoms with E-state index in [9.17, 15) is 5.11 Å². The molecule has 0 bridgehead atoms. The van der Waals surface area contributed by atoms with Crippen LogP contribution in [0.1, 0.15) is 50.5 Å². The lowest BCUT2D eigenvalue weighted by atomic mass is 9.85. The molecule has 0 radical (unpaired) electrons. The van der Waals surface area contributed by atoms with Crippen molar-refractivity contribution in [1.29, 1.82) is 0 Å². The first-order valence-electron chi connectivity index (χ1n) is 8.02. The molecule has 0 heterocycles. The number of rotatable bonds is 6. The van der Waals surface area contributed by atoms with Crippen molar-refractivity contribution in [2.45, 2.75) is 63.1 Å². The van der Waals surface area contributed by atoms with Gasteiger partial charge in [-0.2, -0.15) is 0 Å². The highest BCUT2D eigenvalue weighted by molar-refractivity contribution is 9.10. The van der Waals surface area contributed by atoms with Crippen LogP contribution in [-0.2, 0) is 6.54 Å². The normalized spacial score (nSPS) is 21.2. The number of aliphatic hydroxyl groups is 1. The Morgan fingerprint density at radius 3 is 2.71 bits per heavy atom. The largest absolute Gasteiger partial charge is 0.490 e. The van der Waals surface area contributed by atoms with Gasteiger partial charge in [0, 0.05) is 22.6 Å². The van der Waals surface area contributed by atoms with E-state index in [-0.39, 0.29) is 0 Å². The van der Waals surface area contributed by atoms with Gasteiger partial charge in [-0.05, 0) is 43.9 Å². The maximum Gasteiger partial charge on any atom is 0.124 e. The molecule has 2 aliphatic rings. The Labute approximate surface area is 135 Å². The minimum absolute atomic E-state index is 0.408. The van der Waals surface area contributed by atoms with Crippen molar-refractivity contribution in [3.8, 4) is 5.75 Å². The molecule has 3 rings (SSSR count). The first kappa shape index (κ1) is 15.3. The molecule has 1 aromatic rings. The minimum atomic E-state index is -0.632. The van der Waals surface area contributed by atoms with Crippen LogP contribution in [0, 0.1) is 0 Å². The van der Waals surface area contributed by atoms with Gasteiger partial charge in [0.1, 0.15) is 12.4 Å². The zero-order valence-corrected chi connectivity index (χ0v) is 14.0. The van der Waals surface area contributed by atoms with Gasteiger partial charge in [-0.3, -0.25) is 0 Å². The smallest absolute Gasteiger partial charge is 0.124 e. The number of hydrogen-bond acceptors (Lipinski definition) is 3. The van der Waals surface area contributed by atoms with E-state index in [1.54, 1.807) is 0 Å². The molecule has 4 heteroatoms. The highest BCUT2D eigenvalue weighted by Gasteiger charge is 2.30. The third-order valence-electron chi connectivity index (χ3n) is 4.46. The molecule has 0 spiro atoms. The Morgan fingerprint density at radius 1 is 1.24 bits per heavy atom. The van der Waals surface area contributed by atoms with E-state index in [0.29, 0.717) is 12.6 Å². The van der Waals surface area contributed by atoms with E-state index < -0.39 is 5.60 Å². The van der Waals surface area contributed by atoms with E-state index >= 15 is 0 Å². The second-order valence-electron chi connectivity index (χ2n) is 6.48. The highest BCUT2D eigenvalue weighted by atomic mass is 79.9. The van der Waals surface area contributed by atoms with Gasteiger partial charge in [-0.15, -0.1) is 0 Å². The highest BCUT2D eigenvalue weighted by Crippen LogP contribution is 2.31. The van der Waals surface area contributed by atoms with Crippen LogP contribution >= 0.6 is 15.9 Å². The summed E-state index contributed by atoms with van der Waals surface area (Å²) in [5.74, 6) is 0.894. The van der Waals surface area contributed by atoms with Crippen LogP contribution in [0.2, 0.25) is 0 Å². The summed E-state index contributed by atoms with van der Waals surface area (Å²) < 4.78 is 7.04. The summed E-state index contributed by atoms with van der Waals surface area (Å²) >= 11 is 3.52. The maximum atomic E-state index is 10.6. The van der Waals surface area contributed by atoms with Gasteiger partial charge in [0.05, 0.1) is 5.60 Å². The molecule has 1 aromatic carbocycles. The molecular formula is C17H24BrNO2. The maximum absolute atomic E-state index is 10.6. The van der Waals surface area contributed by atoms with Crippen molar-refractivity contribution in [3.05, 3.63) is 28.2 Å². The van der Waals surface area contributed by atoms with E-state index in [4.69, 9.17) is 4.74 Å². The Balaban J connectivity index is 1.62. The molecule has 0 aromatic heterocycles. The molecule has 2 aliphatic carbocycles. The predicted molar refractivity (Wildman–Crippen MR) is 87.5 cm³/mol. The van der Waals surface area contributed by atoms with Gasteiger partial charge in [0.25, 0.3) is 0 Å². The lowest BCUT2D eigenvalue weighted by Gasteiger charge is -2.32. The summed E-state index contributed by atoms with van der Waals surface area (Å²) in [7, 11) is 0. The number of nitrogens with one attached hydrogen (secondary N) is 1. The Morgan fingerprint density at radius 2 is 2.00 bits per heavy atom. The lowest BCUT2D eigenvalue weighted by molar-refractivity contribution is -0.0341. The van der Waals surface area contributed by atoms with Gasteiger partial charge in [-0.25, -0.2) is 0 Å². The van der Waals surface area contributed by atoms with Gasteiger partial charge in [-0.1, -0.05) is 35.2 Å². The summed E-state index contributed by atoms with van der Waals surface area (Å²) in [5.41, 5.74) is 0.530. The molecule has 116 valence electrons. The van der Waals surface area contributed by atoms with Crippen LogP contribution in [-0.4, -0.2) is 23.4 Å². The standard InChI is InChI=1S/C17H24BrNO2/c18-14-4-7-16(13(10-14)11-19-15-5-6-15)21-12-17(20)8-2-1-3-9-17/h4,7,10,15,19-20H,1-3,5-6,8-9,11-12H2. The molecule has 21 heavy (non-hydrogen) atoms. The van der Waals surface area contributed by atoms with Crippen LogP contribution in [0.25, 0.3) is 0 Å². The van der Waals surface area contributed by atoms with Gasteiger partial charge in [0.2, 0.25) is 0 Å². The lowest BCUT2D eigenvalue weighted by Crippen LogP contribution is -2.38. The molecule has 2 N–H and O–H groups in total. The third kappa shape index (κ3) is 4.44. The molecule has 0 unspecified atom stereocenters. The average Bonchev–Trinajstić information content (AvgIpc) is 3.29. The Hall–Kier alpha value is -0.580. The summed E-state index contributed by atoms with van der Waals surface area (Å²) in [6, 6.07) is 6.79. The van der Waals surface area contributed by atoms with E-state index in [1.165, 1.54) is 19.3 Å². The average molecular weight is 354 g/mol. The third-order valence-corrected chi connectivity index (χ3v) is 4.95. The quantitative estimate of drug-likeness (QED) is 0.817. The molecule has 2 saturated carbocycles. The first-order valence-corrected chi connectivity index (χ1v) is 8.81. The van der Waals surface area contributed by atoms with Crippen LogP contribution in [0.15, 0.2) is 22.7 Å². The number of ether oxygens (including phenoxy) is 1. The minimum Gasteiger partial charge on any atom is -0.490 e. The fourth-order valence-corrected chi connectivity index (χ4v) is 3.34. The number of halogens is 1. The SMILES string of the molecule is OC1(COc2ccc(Br)cc2CNC2CC2)CCCCC1. The molecular weight excluding hydrogens is 330 g/mol. The molecule has 3 nitrogen and oxygen atoms in total. The van der Waals surface area contributed by atoms with Crippen LogP contribution in [0.5, 0.6) is 5.75 Å². The summed E-state index contributed by atoms with van der Waals surface area (Å²) in [6.45, 7) is 1.24. The monoisotopic (exact) mass is 353 g/mol. The molecule has 0 saturated heterocycles. The molecule has 0 amide bonds. The first-order chi connectivity index (χ1) is 10.1. The van der Waals surface area contributed by atoms with Crippen molar-refractivity contribution in [2.75, 3.05) is 6.61 Å². The number of hydrogen-bond donors (Lipinski definition) is 2. The van der Waals surface area contributed by atoms with Crippen molar-refractivity contribution in [2.24, 2.45) is 0 Å². The van der Waals surface area contributed by atoms with Crippen molar-refractivity contribution >= 4 is 15.9 Å². The van der Waals surface area contributed by atoms with Crippen LogP contribution in [0.4, 0.5) is 0 Å². The summed E-state index contributed by atoms with van der Waals surface area (Å²) in [6.07, 6.45) is 7.73. The van der Waals surface area contributed by atoms with Gasteiger partial charge in [0.15, 0.2) is 0 Å². The van der Waals surface area contributed by atoms with Crippen molar-refractivity contribution in [3.63, 3.8) is 0 Å². The zero-order valence-electron chi connectivity index (χ0n) is 12.4. The fraction of sp³-hybridized carbons (Fsp3) is 0.647. The van der Waals surface area contributed by atoms with Gasteiger partial charge < -0.3 is 15.2 Å². The summed E-state index contributed by atoms with van der Waals surface area (Å²) in [4.78, 5) is 0. The van der Waals surface area contributed by atoms with Crippen molar-refractivity contribution in [1.82, 2.24) is 5.32 Å². The molecule has 2 fully saturated rings. The Bertz CT molecular complexity index is 482. The second-order valence-corrected chi connectivity index (χ2v) is 7.40. The van der Waals surface area contributed by atoms with E-state index in [1.807, 2.05) is 12.1 Å².